The lowest BCUT2D eigenvalue weighted by atomic mass is 10.2. The van der Waals surface area contributed by atoms with Gasteiger partial charge in [0.1, 0.15) is 5.82 Å². The second-order valence-electron chi connectivity index (χ2n) is 6.64. The summed E-state index contributed by atoms with van der Waals surface area (Å²) in [5, 5.41) is 5.87. The fourth-order valence-corrected chi connectivity index (χ4v) is 3.28. The van der Waals surface area contributed by atoms with E-state index in [2.05, 4.69) is 36.5 Å². The molecule has 0 saturated carbocycles. The normalized spacial score (nSPS) is 10.9. The molecule has 9 heteroatoms. The molecule has 2 aromatic carbocycles. The summed E-state index contributed by atoms with van der Waals surface area (Å²) < 4.78 is 0.763. The van der Waals surface area contributed by atoms with Gasteiger partial charge >= 0.3 is 0 Å². The topological polar surface area (TPSA) is 107 Å². The maximum Gasteiger partial charge on any atom is 0.258 e. The second kappa shape index (κ2) is 10.1. The Labute approximate surface area is 181 Å². The second-order valence-corrected chi connectivity index (χ2v) is 7.49. The van der Waals surface area contributed by atoms with Crippen LogP contribution >= 0.6 is 15.9 Å². The molecule has 2 amide bonds. The van der Waals surface area contributed by atoms with E-state index in [0.717, 1.165) is 4.47 Å². The molecule has 0 aliphatic carbocycles. The zero-order valence-electron chi connectivity index (χ0n) is 16.4. The summed E-state index contributed by atoms with van der Waals surface area (Å²) in [6.45, 7) is 2.74. The Morgan fingerprint density at radius 1 is 1.10 bits per heavy atom. The Balaban J connectivity index is 1.54. The SMILES string of the molecule is CCN(CC(=O)NCC(=O)Nc1ccccc1Br)Cc1nc2ccccc2c(=O)[nH]1. The number of likely N-dealkylation sites (N-methyl/N-ethyl adjacent to an activating group) is 1. The van der Waals surface area contributed by atoms with Gasteiger partial charge in [-0.05, 0) is 46.7 Å². The van der Waals surface area contributed by atoms with Crippen LogP contribution in [0.5, 0.6) is 0 Å². The quantitative estimate of drug-likeness (QED) is 0.467. The molecule has 3 rings (SSSR count). The van der Waals surface area contributed by atoms with Crippen LogP contribution in [0.25, 0.3) is 10.9 Å². The standard InChI is InChI=1S/C21H22BrN5O3/c1-2-27(12-18-24-16-9-5-3-7-14(16)21(30)26-18)13-20(29)23-11-19(28)25-17-10-6-4-8-15(17)22/h3-10H,2,11-13H2,1H3,(H,23,29)(H,25,28)(H,24,26,30). The van der Waals surface area contributed by atoms with Crippen molar-refractivity contribution in [1.29, 1.82) is 0 Å². The number of para-hydroxylation sites is 2. The number of nitrogens with one attached hydrogen (secondary N) is 3. The Bertz CT molecular complexity index is 1110. The molecule has 0 radical (unpaired) electrons. The molecule has 0 aliphatic heterocycles. The maximum absolute atomic E-state index is 12.3. The van der Waals surface area contributed by atoms with Crippen molar-refractivity contribution in [1.82, 2.24) is 20.2 Å². The number of anilines is 1. The van der Waals surface area contributed by atoms with Crippen molar-refractivity contribution < 1.29 is 9.59 Å². The number of fused-ring (bicyclic) bond motifs is 1. The third-order valence-corrected chi connectivity index (χ3v) is 5.14. The van der Waals surface area contributed by atoms with Crippen molar-refractivity contribution in [3.63, 3.8) is 0 Å². The Morgan fingerprint density at radius 3 is 2.60 bits per heavy atom. The predicted octanol–water partition coefficient (Wildman–Crippen LogP) is 2.26. The Hall–Kier alpha value is -3.04. The number of nitrogens with zero attached hydrogens (tertiary/aromatic N) is 2. The van der Waals surface area contributed by atoms with Gasteiger partial charge in [0.15, 0.2) is 0 Å². The minimum absolute atomic E-state index is 0.0787. The van der Waals surface area contributed by atoms with E-state index in [4.69, 9.17) is 0 Å². The third-order valence-electron chi connectivity index (χ3n) is 4.44. The van der Waals surface area contributed by atoms with Crippen LogP contribution in [0.2, 0.25) is 0 Å². The predicted molar refractivity (Wildman–Crippen MR) is 119 cm³/mol. The maximum atomic E-state index is 12.3. The fraction of sp³-hybridized carbons (Fsp3) is 0.238. The highest BCUT2D eigenvalue weighted by Gasteiger charge is 2.13. The van der Waals surface area contributed by atoms with E-state index in [0.29, 0.717) is 35.5 Å². The first-order valence-electron chi connectivity index (χ1n) is 9.47. The van der Waals surface area contributed by atoms with Gasteiger partial charge in [-0.1, -0.05) is 31.2 Å². The van der Waals surface area contributed by atoms with Crippen LogP contribution in [-0.2, 0) is 16.1 Å². The summed E-state index contributed by atoms with van der Waals surface area (Å²) in [4.78, 5) is 45.6. The number of rotatable bonds is 8. The van der Waals surface area contributed by atoms with Crippen LogP contribution in [0.3, 0.4) is 0 Å². The van der Waals surface area contributed by atoms with Gasteiger partial charge in [0, 0.05) is 4.47 Å². The van der Waals surface area contributed by atoms with E-state index in [1.165, 1.54) is 0 Å². The first-order valence-corrected chi connectivity index (χ1v) is 10.3. The third kappa shape index (κ3) is 5.74. The summed E-state index contributed by atoms with van der Waals surface area (Å²) in [5.74, 6) is -0.124. The molecular formula is C21H22BrN5O3. The number of amides is 2. The van der Waals surface area contributed by atoms with Gasteiger partial charge in [-0.25, -0.2) is 4.98 Å². The molecule has 156 valence electrons. The monoisotopic (exact) mass is 471 g/mol. The van der Waals surface area contributed by atoms with Gasteiger partial charge < -0.3 is 15.6 Å². The molecule has 0 atom stereocenters. The molecule has 3 N–H and O–H groups in total. The van der Waals surface area contributed by atoms with Crippen LogP contribution in [0, 0.1) is 0 Å². The minimum atomic E-state index is -0.321. The lowest BCUT2D eigenvalue weighted by molar-refractivity contribution is -0.125. The minimum Gasteiger partial charge on any atom is -0.346 e. The van der Waals surface area contributed by atoms with Gasteiger partial charge in [-0.3, -0.25) is 19.3 Å². The van der Waals surface area contributed by atoms with Crippen LogP contribution in [-0.4, -0.2) is 46.3 Å². The molecule has 0 unspecified atom stereocenters. The molecule has 1 aromatic heterocycles. The summed E-state index contributed by atoms with van der Waals surface area (Å²) in [6.07, 6.45) is 0. The molecule has 8 nitrogen and oxygen atoms in total. The number of benzene rings is 2. The van der Waals surface area contributed by atoms with E-state index in [-0.39, 0.29) is 30.5 Å². The van der Waals surface area contributed by atoms with E-state index in [9.17, 15) is 14.4 Å². The molecule has 0 fully saturated rings. The average Bonchev–Trinajstić information content (AvgIpc) is 2.73. The first-order chi connectivity index (χ1) is 14.5. The Kier molecular flexibility index (Phi) is 7.31. The molecule has 3 aromatic rings. The smallest absolute Gasteiger partial charge is 0.258 e. The summed E-state index contributed by atoms with van der Waals surface area (Å²) >= 11 is 3.36. The number of H-pyrrole nitrogens is 1. The van der Waals surface area contributed by atoms with Gasteiger partial charge in [0.05, 0.1) is 36.2 Å². The first kappa shape index (κ1) is 21.7. The summed E-state index contributed by atoms with van der Waals surface area (Å²) in [6, 6.07) is 14.3. The van der Waals surface area contributed by atoms with E-state index >= 15 is 0 Å². The summed E-state index contributed by atoms with van der Waals surface area (Å²) in [5.41, 5.74) is 1.04. The molecule has 30 heavy (non-hydrogen) atoms. The number of carbonyl (C=O) groups excluding carboxylic acids is 2. The zero-order chi connectivity index (χ0) is 21.5. The van der Waals surface area contributed by atoms with Crippen LogP contribution in [0.4, 0.5) is 5.69 Å². The van der Waals surface area contributed by atoms with E-state index in [1.54, 1.807) is 24.3 Å². The number of hydrogen-bond donors (Lipinski definition) is 3. The molecule has 0 spiro atoms. The van der Waals surface area contributed by atoms with Crippen LogP contribution < -0.4 is 16.2 Å². The number of carbonyl (C=O) groups is 2. The van der Waals surface area contributed by atoms with Gasteiger partial charge in [-0.2, -0.15) is 0 Å². The number of aromatic amines is 1. The van der Waals surface area contributed by atoms with Crippen LogP contribution in [0.15, 0.2) is 57.8 Å². The molecular weight excluding hydrogens is 450 g/mol. The van der Waals surface area contributed by atoms with Crippen molar-refractivity contribution >= 4 is 44.3 Å². The largest absolute Gasteiger partial charge is 0.346 e. The molecule has 0 bridgehead atoms. The number of hydrogen-bond acceptors (Lipinski definition) is 5. The highest BCUT2D eigenvalue weighted by molar-refractivity contribution is 9.10. The lowest BCUT2D eigenvalue weighted by Gasteiger charge is -2.19. The Morgan fingerprint density at radius 2 is 1.83 bits per heavy atom. The van der Waals surface area contributed by atoms with Gasteiger partial charge in [0.2, 0.25) is 11.8 Å². The van der Waals surface area contributed by atoms with Crippen molar-refractivity contribution in [2.45, 2.75) is 13.5 Å². The van der Waals surface area contributed by atoms with Crippen LogP contribution in [0.1, 0.15) is 12.7 Å². The number of aromatic nitrogens is 2. The molecule has 0 saturated heterocycles. The van der Waals surface area contributed by atoms with Crippen molar-refractivity contribution in [3.8, 4) is 0 Å². The van der Waals surface area contributed by atoms with Crippen molar-refractivity contribution in [3.05, 3.63) is 69.2 Å². The zero-order valence-corrected chi connectivity index (χ0v) is 18.0. The molecule has 1 heterocycles. The fourth-order valence-electron chi connectivity index (χ4n) is 2.90. The summed E-state index contributed by atoms with van der Waals surface area (Å²) in [7, 11) is 0. The lowest BCUT2D eigenvalue weighted by Crippen LogP contribution is -2.40. The highest BCUT2D eigenvalue weighted by Crippen LogP contribution is 2.20. The van der Waals surface area contributed by atoms with Crippen molar-refractivity contribution in [2.24, 2.45) is 0 Å². The van der Waals surface area contributed by atoms with Gasteiger partial charge in [0.25, 0.3) is 5.56 Å². The van der Waals surface area contributed by atoms with E-state index < -0.39 is 0 Å². The highest BCUT2D eigenvalue weighted by atomic mass is 79.9. The van der Waals surface area contributed by atoms with Crippen molar-refractivity contribution in [2.75, 3.05) is 25.0 Å². The van der Waals surface area contributed by atoms with Gasteiger partial charge in [-0.15, -0.1) is 0 Å². The molecule has 0 aliphatic rings. The van der Waals surface area contributed by atoms with E-state index in [1.807, 2.05) is 36.1 Å². The average molecular weight is 472 g/mol. The number of halogens is 1.